The van der Waals surface area contributed by atoms with Gasteiger partial charge in [0, 0.05) is 22.4 Å². The van der Waals surface area contributed by atoms with Gasteiger partial charge in [0.15, 0.2) is 5.78 Å². The number of hydrogen-bond acceptors (Lipinski definition) is 1. The van der Waals surface area contributed by atoms with Crippen LogP contribution in [0.5, 0.6) is 0 Å². The summed E-state index contributed by atoms with van der Waals surface area (Å²) in [6.07, 6.45) is 1.96. The van der Waals surface area contributed by atoms with Crippen LogP contribution in [-0.2, 0) is 6.42 Å². The molecule has 0 radical (unpaired) electrons. The van der Waals surface area contributed by atoms with Crippen molar-refractivity contribution in [1.29, 1.82) is 0 Å². The zero-order chi connectivity index (χ0) is 14.7. The highest BCUT2D eigenvalue weighted by Gasteiger charge is 2.44. The fourth-order valence-corrected chi connectivity index (χ4v) is 4.36. The van der Waals surface area contributed by atoms with E-state index in [9.17, 15) is 4.79 Å². The first kappa shape index (κ1) is 13.1. The molecular weight excluding hydrogens is 280 g/mol. The lowest BCUT2D eigenvalue weighted by molar-refractivity contribution is 0.0919. The van der Waals surface area contributed by atoms with E-state index in [1.807, 2.05) is 12.1 Å². The summed E-state index contributed by atoms with van der Waals surface area (Å²) in [4.78, 5) is 12.7. The van der Waals surface area contributed by atoms with Crippen LogP contribution in [0.15, 0.2) is 30.3 Å². The predicted octanol–water partition coefficient (Wildman–Crippen LogP) is 4.85. The maximum Gasteiger partial charge on any atom is 0.167 e. The largest absolute Gasteiger partial charge is 0.294 e. The number of rotatable bonds is 0. The summed E-state index contributed by atoms with van der Waals surface area (Å²) in [7, 11) is 0. The van der Waals surface area contributed by atoms with Gasteiger partial charge < -0.3 is 0 Å². The van der Waals surface area contributed by atoms with Crippen molar-refractivity contribution in [2.24, 2.45) is 5.92 Å². The SMILES string of the molecule is Cc1ccc(C)c2c1CC[C@@H]1C(=O)c3cc(Cl)ccc3[C@H]21. The lowest BCUT2D eigenvalue weighted by Crippen LogP contribution is -2.23. The molecule has 21 heavy (non-hydrogen) atoms. The quantitative estimate of drug-likeness (QED) is 0.679. The van der Waals surface area contributed by atoms with Crippen molar-refractivity contribution in [2.75, 3.05) is 0 Å². The van der Waals surface area contributed by atoms with Gasteiger partial charge in [0.2, 0.25) is 0 Å². The highest BCUT2D eigenvalue weighted by Crippen LogP contribution is 2.50. The van der Waals surface area contributed by atoms with E-state index in [-0.39, 0.29) is 17.6 Å². The number of aryl methyl sites for hydroxylation is 2. The number of benzene rings is 2. The molecule has 0 amide bonds. The molecule has 0 spiro atoms. The van der Waals surface area contributed by atoms with Crippen LogP contribution in [0.2, 0.25) is 5.02 Å². The average Bonchev–Trinajstić information content (AvgIpc) is 2.76. The average molecular weight is 297 g/mol. The summed E-state index contributed by atoms with van der Waals surface area (Å²) in [6.45, 7) is 4.34. The number of carbonyl (C=O) groups excluding carboxylic acids is 1. The first-order chi connectivity index (χ1) is 10.1. The number of fused-ring (bicyclic) bond motifs is 5. The molecule has 4 rings (SSSR count). The van der Waals surface area contributed by atoms with Gasteiger partial charge in [0.05, 0.1) is 0 Å². The summed E-state index contributed by atoms with van der Waals surface area (Å²) in [6, 6.07) is 10.2. The minimum absolute atomic E-state index is 0.103. The number of ketones is 1. The molecule has 0 unspecified atom stereocenters. The number of hydrogen-bond donors (Lipinski definition) is 0. The van der Waals surface area contributed by atoms with E-state index in [1.165, 1.54) is 27.8 Å². The van der Waals surface area contributed by atoms with Crippen LogP contribution >= 0.6 is 11.6 Å². The fraction of sp³-hybridized carbons (Fsp3) is 0.316. The van der Waals surface area contributed by atoms with Gasteiger partial charge in [-0.2, -0.15) is 0 Å². The highest BCUT2D eigenvalue weighted by molar-refractivity contribution is 6.31. The Bertz CT molecular complexity index is 775. The molecule has 0 aromatic heterocycles. The van der Waals surface area contributed by atoms with E-state index < -0.39 is 0 Å². The summed E-state index contributed by atoms with van der Waals surface area (Å²) in [5.74, 6) is 0.615. The van der Waals surface area contributed by atoms with Gasteiger partial charge in [-0.3, -0.25) is 4.79 Å². The van der Waals surface area contributed by atoms with Crippen molar-refractivity contribution in [3.63, 3.8) is 0 Å². The Hall–Kier alpha value is -1.60. The molecule has 2 aliphatic rings. The molecule has 1 nitrogen and oxygen atoms in total. The Labute approximate surface area is 129 Å². The van der Waals surface area contributed by atoms with Crippen LogP contribution in [0.4, 0.5) is 0 Å². The van der Waals surface area contributed by atoms with Gasteiger partial charge in [-0.25, -0.2) is 0 Å². The lowest BCUT2D eigenvalue weighted by Gasteiger charge is -2.30. The third kappa shape index (κ3) is 1.74. The Balaban J connectivity index is 2.00. The molecule has 0 N–H and O–H groups in total. The molecule has 0 bridgehead atoms. The van der Waals surface area contributed by atoms with Crippen LogP contribution < -0.4 is 0 Å². The third-order valence-electron chi connectivity index (χ3n) is 5.18. The maximum atomic E-state index is 12.7. The van der Waals surface area contributed by atoms with E-state index >= 15 is 0 Å². The molecule has 0 fully saturated rings. The molecule has 2 atom stereocenters. The summed E-state index contributed by atoms with van der Waals surface area (Å²) in [5, 5.41) is 0.655. The zero-order valence-electron chi connectivity index (χ0n) is 12.2. The second-order valence-electron chi connectivity index (χ2n) is 6.31. The molecule has 2 aromatic rings. The minimum atomic E-state index is 0.103. The van der Waals surface area contributed by atoms with Gasteiger partial charge in [-0.1, -0.05) is 29.8 Å². The zero-order valence-corrected chi connectivity index (χ0v) is 13.0. The monoisotopic (exact) mass is 296 g/mol. The summed E-state index contributed by atoms with van der Waals surface area (Å²) < 4.78 is 0. The van der Waals surface area contributed by atoms with E-state index in [2.05, 4.69) is 32.0 Å². The van der Waals surface area contributed by atoms with Crippen molar-refractivity contribution in [1.82, 2.24) is 0 Å². The minimum Gasteiger partial charge on any atom is -0.294 e. The molecule has 0 heterocycles. The number of halogens is 1. The van der Waals surface area contributed by atoms with Crippen LogP contribution in [0, 0.1) is 19.8 Å². The van der Waals surface area contributed by atoms with Gasteiger partial charge in [-0.15, -0.1) is 0 Å². The van der Waals surface area contributed by atoms with Crippen molar-refractivity contribution in [3.05, 3.63) is 68.7 Å². The third-order valence-corrected chi connectivity index (χ3v) is 5.42. The van der Waals surface area contributed by atoms with E-state index in [1.54, 1.807) is 0 Å². The van der Waals surface area contributed by atoms with E-state index in [0.717, 1.165) is 18.4 Å². The van der Waals surface area contributed by atoms with E-state index in [0.29, 0.717) is 5.02 Å². The summed E-state index contributed by atoms with van der Waals surface area (Å²) in [5.41, 5.74) is 7.51. The normalized spacial score (nSPS) is 22.7. The topological polar surface area (TPSA) is 17.1 Å². The highest BCUT2D eigenvalue weighted by atomic mass is 35.5. The summed E-state index contributed by atoms with van der Waals surface area (Å²) >= 11 is 6.09. The van der Waals surface area contributed by atoms with Crippen LogP contribution in [0.25, 0.3) is 0 Å². The molecular formula is C19H17ClO. The number of carbonyl (C=O) groups is 1. The molecule has 0 saturated carbocycles. The van der Waals surface area contributed by atoms with Crippen LogP contribution in [-0.4, -0.2) is 5.78 Å². The van der Waals surface area contributed by atoms with E-state index in [4.69, 9.17) is 11.6 Å². The second-order valence-corrected chi connectivity index (χ2v) is 6.75. The Morgan fingerprint density at radius 2 is 1.86 bits per heavy atom. The van der Waals surface area contributed by atoms with Crippen molar-refractivity contribution in [3.8, 4) is 0 Å². The fourth-order valence-electron chi connectivity index (χ4n) is 4.19. The van der Waals surface area contributed by atoms with Gasteiger partial charge in [-0.05, 0) is 66.6 Å². The first-order valence-corrected chi connectivity index (χ1v) is 7.88. The molecule has 2 aliphatic carbocycles. The van der Waals surface area contributed by atoms with Gasteiger partial charge in [0.25, 0.3) is 0 Å². The smallest absolute Gasteiger partial charge is 0.167 e. The van der Waals surface area contributed by atoms with Crippen LogP contribution in [0.1, 0.15) is 50.5 Å². The molecule has 0 saturated heterocycles. The Kier molecular flexibility index (Phi) is 2.77. The van der Waals surface area contributed by atoms with Crippen LogP contribution in [0.3, 0.4) is 0 Å². The van der Waals surface area contributed by atoms with Gasteiger partial charge in [0.1, 0.15) is 0 Å². The molecule has 2 aromatic carbocycles. The molecule has 106 valence electrons. The maximum absolute atomic E-state index is 12.7. The standard InChI is InChI=1S/C19H17ClO/c1-10-3-4-11(2)17-13(10)7-8-15-18(17)14-6-5-12(20)9-16(14)19(15)21/h3-6,9,15,18H,7-8H2,1-2H3/t15-,18-/m0/s1. The van der Waals surface area contributed by atoms with Crippen molar-refractivity contribution in [2.45, 2.75) is 32.6 Å². The Morgan fingerprint density at radius 3 is 2.67 bits per heavy atom. The van der Waals surface area contributed by atoms with Crippen molar-refractivity contribution >= 4 is 17.4 Å². The lowest BCUT2D eigenvalue weighted by atomic mass is 9.72. The molecule has 0 aliphatic heterocycles. The first-order valence-electron chi connectivity index (χ1n) is 7.50. The van der Waals surface area contributed by atoms with Crippen molar-refractivity contribution < 1.29 is 4.79 Å². The predicted molar refractivity (Wildman–Crippen MR) is 85.4 cm³/mol. The second kappa shape index (κ2) is 4.45. The van der Waals surface area contributed by atoms with Gasteiger partial charge >= 0.3 is 0 Å². The number of Topliss-reactive ketones (excluding diaryl/α,β-unsaturated/α-hetero) is 1. The Morgan fingerprint density at radius 1 is 1.10 bits per heavy atom. The molecule has 2 heteroatoms.